The maximum atomic E-state index is 9.61. The maximum Gasteiger partial charge on any atom is 0.0936 e. The van der Waals surface area contributed by atoms with Gasteiger partial charge in [-0.1, -0.05) is 59.8 Å². The van der Waals surface area contributed by atoms with E-state index < -0.39 is 0 Å². The highest BCUT2D eigenvalue weighted by Crippen LogP contribution is 2.45. The van der Waals surface area contributed by atoms with E-state index in [2.05, 4.69) is 58.6 Å². The molecule has 1 N–H and O–H groups in total. The molecule has 1 spiro atoms. The highest BCUT2D eigenvalue weighted by atomic mass is 16.4. The predicted octanol–water partition coefficient (Wildman–Crippen LogP) is 3.70. The second-order valence-electron chi connectivity index (χ2n) is 6.82. The van der Waals surface area contributed by atoms with Crippen molar-refractivity contribution in [2.75, 3.05) is 13.1 Å². The van der Waals surface area contributed by atoms with E-state index in [1.807, 2.05) is 6.07 Å². The SMILES string of the molecule is O/N=C1/c2ccccc2CC12CCN(Cc1ccccc1)CC2. The van der Waals surface area contributed by atoms with Gasteiger partial charge >= 0.3 is 0 Å². The first-order valence-electron chi connectivity index (χ1n) is 8.38. The largest absolute Gasteiger partial charge is 0.411 e. The van der Waals surface area contributed by atoms with Crippen molar-refractivity contribution in [2.24, 2.45) is 10.6 Å². The quantitative estimate of drug-likeness (QED) is 0.678. The number of hydrogen-bond donors (Lipinski definition) is 1. The van der Waals surface area contributed by atoms with Gasteiger partial charge in [0.15, 0.2) is 0 Å². The van der Waals surface area contributed by atoms with E-state index in [0.717, 1.165) is 50.2 Å². The molecule has 0 unspecified atom stereocenters. The molecule has 1 aliphatic carbocycles. The molecule has 3 heteroatoms. The number of oxime groups is 1. The third-order valence-electron chi connectivity index (χ3n) is 5.47. The molecule has 0 radical (unpaired) electrons. The summed E-state index contributed by atoms with van der Waals surface area (Å²) in [5, 5.41) is 13.3. The van der Waals surface area contributed by atoms with Gasteiger partial charge < -0.3 is 5.21 Å². The third-order valence-corrected chi connectivity index (χ3v) is 5.47. The van der Waals surface area contributed by atoms with Crippen LogP contribution in [0.4, 0.5) is 0 Å². The Morgan fingerprint density at radius 2 is 1.65 bits per heavy atom. The molecular formula is C20H22N2O. The van der Waals surface area contributed by atoms with Gasteiger partial charge in [0.25, 0.3) is 0 Å². The lowest BCUT2D eigenvalue weighted by atomic mass is 9.74. The van der Waals surface area contributed by atoms with Crippen LogP contribution in [0.15, 0.2) is 59.8 Å². The Balaban J connectivity index is 1.49. The lowest BCUT2D eigenvalue weighted by Crippen LogP contribution is -2.43. The summed E-state index contributed by atoms with van der Waals surface area (Å²) in [6, 6.07) is 19.0. The molecule has 0 amide bonds. The van der Waals surface area contributed by atoms with E-state index in [-0.39, 0.29) is 5.41 Å². The lowest BCUT2D eigenvalue weighted by Gasteiger charge is -2.39. The zero-order chi connectivity index (χ0) is 15.7. The molecule has 1 saturated heterocycles. The minimum atomic E-state index is 0.0334. The summed E-state index contributed by atoms with van der Waals surface area (Å²) >= 11 is 0. The minimum absolute atomic E-state index is 0.0334. The van der Waals surface area contributed by atoms with Crippen molar-refractivity contribution in [3.05, 3.63) is 71.3 Å². The highest BCUT2D eigenvalue weighted by molar-refractivity contribution is 6.08. The molecule has 0 saturated carbocycles. The van der Waals surface area contributed by atoms with Gasteiger partial charge in [-0.15, -0.1) is 0 Å². The predicted molar refractivity (Wildman–Crippen MR) is 91.9 cm³/mol. The van der Waals surface area contributed by atoms with Gasteiger partial charge in [-0.2, -0.15) is 0 Å². The Kier molecular flexibility index (Phi) is 3.66. The molecule has 2 aromatic carbocycles. The molecule has 1 aliphatic heterocycles. The maximum absolute atomic E-state index is 9.61. The van der Waals surface area contributed by atoms with Gasteiger partial charge in [0.05, 0.1) is 5.71 Å². The van der Waals surface area contributed by atoms with Gasteiger partial charge in [-0.25, -0.2) is 0 Å². The van der Waals surface area contributed by atoms with Gasteiger partial charge in [0, 0.05) is 17.5 Å². The molecule has 4 rings (SSSR count). The van der Waals surface area contributed by atoms with Crippen molar-refractivity contribution < 1.29 is 5.21 Å². The van der Waals surface area contributed by atoms with Crippen LogP contribution in [0.25, 0.3) is 0 Å². The molecule has 3 nitrogen and oxygen atoms in total. The van der Waals surface area contributed by atoms with Crippen LogP contribution in [0.1, 0.15) is 29.5 Å². The van der Waals surface area contributed by atoms with Crippen LogP contribution in [0.2, 0.25) is 0 Å². The monoisotopic (exact) mass is 306 g/mol. The summed E-state index contributed by atoms with van der Waals surface area (Å²) in [5.74, 6) is 0. The van der Waals surface area contributed by atoms with E-state index >= 15 is 0 Å². The zero-order valence-electron chi connectivity index (χ0n) is 13.3. The lowest BCUT2D eigenvalue weighted by molar-refractivity contribution is 0.146. The Morgan fingerprint density at radius 1 is 0.957 bits per heavy atom. The van der Waals surface area contributed by atoms with E-state index in [1.54, 1.807) is 0 Å². The standard InChI is InChI=1S/C20H22N2O/c23-21-19-18-9-5-4-8-17(18)14-20(19)10-12-22(13-11-20)15-16-6-2-1-3-7-16/h1-9,23H,10-15H2/b21-19-. The average Bonchev–Trinajstić information content (AvgIpc) is 2.91. The summed E-state index contributed by atoms with van der Waals surface area (Å²) < 4.78 is 0. The summed E-state index contributed by atoms with van der Waals surface area (Å²) in [5.41, 5.74) is 4.79. The van der Waals surface area contributed by atoms with Gasteiger partial charge in [-0.05, 0) is 43.5 Å². The summed E-state index contributed by atoms with van der Waals surface area (Å²) in [6.45, 7) is 3.12. The fourth-order valence-electron chi connectivity index (χ4n) is 4.19. The van der Waals surface area contributed by atoms with Crippen molar-refractivity contribution in [3.8, 4) is 0 Å². The van der Waals surface area contributed by atoms with Crippen molar-refractivity contribution >= 4 is 5.71 Å². The van der Waals surface area contributed by atoms with Gasteiger partial charge in [0.2, 0.25) is 0 Å². The van der Waals surface area contributed by atoms with Crippen LogP contribution in [0.5, 0.6) is 0 Å². The fraction of sp³-hybridized carbons (Fsp3) is 0.350. The second-order valence-corrected chi connectivity index (χ2v) is 6.82. The zero-order valence-corrected chi connectivity index (χ0v) is 13.3. The number of piperidine rings is 1. The van der Waals surface area contributed by atoms with Crippen molar-refractivity contribution in [2.45, 2.75) is 25.8 Å². The normalized spacial score (nSPS) is 21.7. The molecule has 2 aromatic rings. The Bertz CT molecular complexity index is 715. The third kappa shape index (κ3) is 2.55. The van der Waals surface area contributed by atoms with Crippen LogP contribution < -0.4 is 0 Å². The van der Waals surface area contributed by atoms with Crippen LogP contribution >= 0.6 is 0 Å². The van der Waals surface area contributed by atoms with Crippen LogP contribution in [0.3, 0.4) is 0 Å². The summed E-state index contributed by atoms with van der Waals surface area (Å²) in [4.78, 5) is 2.51. The number of benzene rings is 2. The molecule has 0 aromatic heterocycles. The summed E-state index contributed by atoms with van der Waals surface area (Å²) in [7, 11) is 0. The smallest absolute Gasteiger partial charge is 0.0936 e. The first kappa shape index (κ1) is 14.5. The van der Waals surface area contributed by atoms with Gasteiger partial charge in [0.1, 0.15) is 0 Å². The van der Waals surface area contributed by atoms with E-state index in [0.29, 0.717) is 0 Å². The molecule has 0 atom stereocenters. The van der Waals surface area contributed by atoms with E-state index in [9.17, 15) is 5.21 Å². The molecule has 118 valence electrons. The molecule has 2 aliphatic rings. The molecule has 1 heterocycles. The van der Waals surface area contributed by atoms with Gasteiger partial charge in [-0.3, -0.25) is 4.90 Å². The van der Waals surface area contributed by atoms with Crippen molar-refractivity contribution in [1.29, 1.82) is 0 Å². The van der Waals surface area contributed by atoms with Crippen LogP contribution in [-0.2, 0) is 13.0 Å². The number of likely N-dealkylation sites (tertiary alicyclic amines) is 1. The molecular weight excluding hydrogens is 284 g/mol. The number of fused-ring (bicyclic) bond motifs is 1. The van der Waals surface area contributed by atoms with E-state index in [1.165, 1.54) is 11.1 Å². The molecule has 23 heavy (non-hydrogen) atoms. The Morgan fingerprint density at radius 3 is 2.39 bits per heavy atom. The minimum Gasteiger partial charge on any atom is -0.411 e. The molecule has 1 fully saturated rings. The topological polar surface area (TPSA) is 35.8 Å². The first-order valence-corrected chi connectivity index (χ1v) is 8.38. The number of rotatable bonds is 2. The van der Waals surface area contributed by atoms with E-state index in [4.69, 9.17) is 0 Å². The first-order chi connectivity index (χ1) is 11.3. The average molecular weight is 306 g/mol. The van der Waals surface area contributed by atoms with Crippen molar-refractivity contribution in [1.82, 2.24) is 4.90 Å². The number of nitrogens with zero attached hydrogens (tertiary/aromatic N) is 2. The highest BCUT2D eigenvalue weighted by Gasteiger charge is 2.45. The molecule has 0 bridgehead atoms. The van der Waals surface area contributed by atoms with Crippen LogP contribution in [0, 0.1) is 5.41 Å². The second kappa shape index (κ2) is 5.82. The number of hydrogen-bond acceptors (Lipinski definition) is 3. The summed E-state index contributed by atoms with van der Waals surface area (Å²) in [6.07, 6.45) is 3.14. The van der Waals surface area contributed by atoms with Crippen molar-refractivity contribution in [3.63, 3.8) is 0 Å². The Labute approximate surface area is 137 Å². The Hall–Kier alpha value is -2.13. The fourth-order valence-corrected chi connectivity index (χ4v) is 4.19. The van der Waals surface area contributed by atoms with Crippen LogP contribution in [-0.4, -0.2) is 28.9 Å².